The van der Waals surface area contributed by atoms with E-state index in [9.17, 15) is 9.59 Å². The molecule has 1 N–H and O–H groups in total. The Bertz CT molecular complexity index is 1080. The van der Waals surface area contributed by atoms with Gasteiger partial charge in [-0.15, -0.1) is 0 Å². The number of nitrogens with one attached hydrogen (secondary N) is 1. The van der Waals surface area contributed by atoms with Gasteiger partial charge in [0.25, 0.3) is 5.56 Å². The van der Waals surface area contributed by atoms with Crippen LogP contribution in [0.2, 0.25) is 0 Å². The predicted octanol–water partition coefficient (Wildman–Crippen LogP) is 3.13. The van der Waals surface area contributed by atoms with E-state index in [4.69, 9.17) is 14.5 Å². The third-order valence-corrected chi connectivity index (χ3v) is 6.27. The van der Waals surface area contributed by atoms with E-state index < -0.39 is 6.09 Å². The Hall–Kier alpha value is -3.07. The number of carbonyl (C=O) groups excluding carboxylic acids is 1. The lowest BCUT2D eigenvalue weighted by Crippen LogP contribution is -2.38. The molecule has 1 unspecified atom stereocenters. The maximum Gasteiger partial charge on any atom is 0.409 e. The minimum atomic E-state index is -0.402. The van der Waals surface area contributed by atoms with Crippen molar-refractivity contribution in [3.63, 3.8) is 0 Å². The number of aryl methyl sites for hydroxylation is 2. The van der Waals surface area contributed by atoms with Crippen molar-refractivity contribution in [3.8, 4) is 11.4 Å². The Morgan fingerprint density at radius 1 is 1.24 bits per heavy atom. The van der Waals surface area contributed by atoms with Gasteiger partial charge in [0, 0.05) is 45.0 Å². The molecule has 2 aromatic rings. The van der Waals surface area contributed by atoms with Crippen molar-refractivity contribution >= 4 is 17.5 Å². The summed E-state index contributed by atoms with van der Waals surface area (Å²) in [5.41, 5.74) is 4.15. The molecule has 9 heteroatoms. The molecule has 1 aliphatic rings. The van der Waals surface area contributed by atoms with Crippen LogP contribution in [-0.4, -0.2) is 73.6 Å². The number of hydrogen-bond acceptors (Lipinski definition) is 7. The summed E-state index contributed by atoms with van der Waals surface area (Å²) in [6, 6.07) is 5.93. The van der Waals surface area contributed by atoms with E-state index in [1.165, 1.54) is 7.11 Å². The molecule has 0 radical (unpaired) electrons. The Labute approximate surface area is 201 Å². The van der Waals surface area contributed by atoms with Crippen molar-refractivity contribution in [1.29, 1.82) is 0 Å². The predicted molar refractivity (Wildman–Crippen MR) is 135 cm³/mol. The first kappa shape index (κ1) is 25.6. The standard InChI is InChI=1S/C25H37N5O4/c1-8-19-22(26-20-14-29(25(32)33-7)15-21(20)34-10-3)24(31)30(9-2)23(27-19)18-12-11-17(28(5)6)13-16(18)4/h11-13,20-21,26H,8-10,14-15H2,1-7H3/t20?,21-/m0/s1. The number of carbonyl (C=O) groups is 1. The van der Waals surface area contributed by atoms with Gasteiger partial charge in [-0.05, 0) is 51.0 Å². The first-order chi connectivity index (χ1) is 16.2. The second-order valence-electron chi connectivity index (χ2n) is 8.67. The number of amides is 1. The number of methoxy groups -OCH3 is 1. The van der Waals surface area contributed by atoms with Crippen LogP contribution in [0.3, 0.4) is 0 Å². The number of hydrogen-bond donors (Lipinski definition) is 1. The van der Waals surface area contributed by atoms with Gasteiger partial charge in [-0.25, -0.2) is 9.78 Å². The van der Waals surface area contributed by atoms with Crippen LogP contribution in [0.25, 0.3) is 11.4 Å². The van der Waals surface area contributed by atoms with Crippen LogP contribution < -0.4 is 15.8 Å². The molecule has 0 bridgehead atoms. The lowest BCUT2D eigenvalue weighted by atomic mass is 10.1. The summed E-state index contributed by atoms with van der Waals surface area (Å²) < 4.78 is 12.5. The number of aromatic nitrogens is 2. The highest BCUT2D eigenvalue weighted by Gasteiger charge is 2.37. The average Bonchev–Trinajstić information content (AvgIpc) is 3.22. The van der Waals surface area contributed by atoms with E-state index in [-0.39, 0.29) is 17.7 Å². The Kier molecular flexibility index (Phi) is 8.19. The van der Waals surface area contributed by atoms with Gasteiger partial charge in [-0.2, -0.15) is 0 Å². The van der Waals surface area contributed by atoms with Gasteiger partial charge in [0.15, 0.2) is 0 Å². The molecule has 1 aromatic heterocycles. The quantitative estimate of drug-likeness (QED) is 0.633. The second-order valence-corrected chi connectivity index (χ2v) is 8.67. The van der Waals surface area contributed by atoms with Crippen molar-refractivity contribution in [2.75, 3.05) is 51.1 Å². The van der Waals surface area contributed by atoms with Crippen LogP contribution in [0.1, 0.15) is 32.0 Å². The van der Waals surface area contributed by atoms with E-state index >= 15 is 0 Å². The van der Waals surface area contributed by atoms with Crippen molar-refractivity contribution in [2.45, 2.75) is 52.8 Å². The molecule has 0 saturated carbocycles. The summed E-state index contributed by atoms with van der Waals surface area (Å²) in [5.74, 6) is 0.668. The number of benzene rings is 1. The first-order valence-electron chi connectivity index (χ1n) is 11.9. The highest BCUT2D eigenvalue weighted by atomic mass is 16.5. The molecule has 2 heterocycles. The van der Waals surface area contributed by atoms with Crippen molar-refractivity contribution < 1.29 is 14.3 Å². The Morgan fingerprint density at radius 2 is 1.97 bits per heavy atom. The molecule has 34 heavy (non-hydrogen) atoms. The monoisotopic (exact) mass is 471 g/mol. The lowest BCUT2D eigenvalue weighted by Gasteiger charge is -2.23. The van der Waals surface area contributed by atoms with Gasteiger partial charge in [0.2, 0.25) is 0 Å². The molecule has 1 amide bonds. The Morgan fingerprint density at radius 3 is 2.53 bits per heavy atom. The zero-order valence-corrected chi connectivity index (χ0v) is 21.3. The molecule has 1 saturated heterocycles. The summed E-state index contributed by atoms with van der Waals surface area (Å²) >= 11 is 0. The van der Waals surface area contributed by atoms with E-state index in [0.717, 1.165) is 16.8 Å². The highest BCUT2D eigenvalue weighted by molar-refractivity contribution is 5.69. The fourth-order valence-corrected chi connectivity index (χ4v) is 4.43. The van der Waals surface area contributed by atoms with Crippen molar-refractivity contribution in [3.05, 3.63) is 39.8 Å². The molecular weight excluding hydrogens is 434 g/mol. The van der Waals surface area contributed by atoms with Gasteiger partial charge < -0.3 is 24.6 Å². The molecule has 1 aliphatic heterocycles. The maximum atomic E-state index is 13.7. The molecule has 1 aromatic carbocycles. The molecule has 186 valence electrons. The highest BCUT2D eigenvalue weighted by Crippen LogP contribution is 2.27. The summed E-state index contributed by atoms with van der Waals surface area (Å²) in [4.78, 5) is 34.4. The second kappa shape index (κ2) is 10.9. The molecule has 2 atom stereocenters. The minimum Gasteiger partial charge on any atom is -0.453 e. The maximum absolute atomic E-state index is 13.7. The molecule has 9 nitrogen and oxygen atoms in total. The normalized spacial score (nSPS) is 17.7. The zero-order chi connectivity index (χ0) is 25.0. The molecule has 0 aliphatic carbocycles. The van der Waals surface area contributed by atoms with Crippen LogP contribution in [0.4, 0.5) is 16.2 Å². The van der Waals surface area contributed by atoms with Gasteiger partial charge in [-0.3, -0.25) is 9.36 Å². The SMILES string of the molecule is CCO[C@H]1CN(C(=O)OC)CC1Nc1c(CC)nc(-c2ccc(N(C)C)cc2C)n(CC)c1=O. The van der Waals surface area contributed by atoms with Gasteiger partial charge in [0.1, 0.15) is 11.5 Å². The van der Waals surface area contributed by atoms with Crippen molar-refractivity contribution in [2.24, 2.45) is 0 Å². The van der Waals surface area contributed by atoms with Crippen LogP contribution in [0, 0.1) is 6.92 Å². The minimum absolute atomic E-state index is 0.118. The summed E-state index contributed by atoms with van der Waals surface area (Å²) in [6.07, 6.45) is -0.0546. The first-order valence-corrected chi connectivity index (χ1v) is 11.9. The smallest absolute Gasteiger partial charge is 0.409 e. The molecule has 0 spiro atoms. The van der Waals surface area contributed by atoms with Crippen molar-refractivity contribution in [1.82, 2.24) is 14.5 Å². The van der Waals surface area contributed by atoms with Gasteiger partial charge >= 0.3 is 6.09 Å². The number of rotatable bonds is 8. The van der Waals surface area contributed by atoms with Gasteiger partial charge in [0.05, 0.1) is 31.5 Å². The molecule has 3 rings (SSSR count). The lowest BCUT2D eigenvalue weighted by molar-refractivity contribution is 0.0614. The number of likely N-dealkylation sites (tertiary alicyclic amines) is 1. The molecule has 1 fully saturated rings. The summed E-state index contributed by atoms with van der Waals surface area (Å²) in [7, 11) is 5.37. The summed E-state index contributed by atoms with van der Waals surface area (Å²) in [5, 5.41) is 3.39. The number of ether oxygens (including phenoxy) is 2. The number of nitrogens with zero attached hydrogens (tertiary/aromatic N) is 4. The third-order valence-electron chi connectivity index (χ3n) is 6.27. The van der Waals surface area contributed by atoms with E-state index in [2.05, 4.69) is 16.3 Å². The molecular formula is C25H37N5O4. The average molecular weight is 472 g/mol. The van der Waals surface area contributed by atoms with Crippen LogP contribution in [0.15, 0.2) is 23.0 Å². The van der Waals surface area contributed by atoms with Crippen LogP contribution in [0.5, 0.6) is 0 Å². The Balaban J connectivity index is 2.03. The fraction of sp³-hybridized carbons (Fsp3) is 0.560. The van der Waals surface area contributed by atoms with Crippen LogP contribution >= 0.6 is 0 Å². The third kappa shape index (κ3) is 5.04. The van der Waals surface area contributed by atoms with E-state index in [0.29, 0.717) is 49.9 Å². The number of anilines is 2. The van der Waals surface area contributed by atoms with E-state index in [1.54, 1.807) is 9.47 Å². The summed E-state index contributed by atoms with van der Waals surface area (Å²) in [6.45, 7) is 9.69. The topological polar surface area (TPSA) is 88.9 Å². The van der Waals surface area contributed by atoms with E-state index in [1.807, 2.05) is 53.9 Å². The fourth-order valence-electron chi connectivity index (χ4n) is 4.43. The van der Waals surface area contributed by atoms with Crippen LogP contribution in [-0.2, 0) is 22.4 Å². The van der Waals surface area contributed by atoms with Gasteiger partial charge in [-0.1, -0.05) is 6.92 Å². The largest absolute Gasteiger partial charge is 0.453 e. The zero-order valence-electron chi connectivity index (χ0n) is 21.3.